The van der Waals surface area contributed by atoms with Gasteiger partial charge in [0.05, 0.1) is 6.10 Å². The third-order valence-electron chi connectivity index (χ3n) is 3.86. The minimum Gasteiger partial charge on any atom is -0.373 e. The molecule has 2 rings (SSSR count). The van der Waals surface area contributed by atoms with E-state index in [1.807, 2.05) is 0 Å². The van der Waals surface area contributed by atoms with E-state index >= 15 is 0 Å². The second kappa shape index (κ2) is 6.84. The summed E-state index contributed by atoms with van der Waals surface area (Å²) in [6, 6.07) is 6.57. The van der Waals surface area contributed by atoms with Gasteiger partial charge in [-0.1, -0.05) is 24.3 Å². The van der Waals surface area contributed by atoms with Gasteiger partial charge in [-0.15, -0.1) is 0 Å². The fourth-order valence-electron chi connectivity index (χ4n) is 2.69. The van der Waals surface area contributed by atoms with E-state index in [0.717, 1.165) is 31.6 Å². The molecule has 0 aliphatic carbocycles. The second-order valence-corrected chi connectivity index (χ2v) is 6.79. The topological polar surface area (TPSA) is 21.3 Å². The third-order valence-corrected chi connectivity index (χ3v) is 3.86. The molecule has 1 heterocycles. The highest BCUT2D eigenvalue weighted by Crippen LogP contribution is 2.34. The van der Waals surface area contributed by atoms with E-state index in [-0.39, 0.29) is 17.2 Å². The molecule has 2 atom stereocenters. The van der Waals surface area contributed by atoms with E-state index in [9.17, 15) is 8.78 Å². The van der Waals surface area contributed by atoms with Crippen LogP contribution in [-0.2, 0) is 4.74 Å². The van der Waals surface area contributed by atoms with Crippen molar-refractivity contribution in [1.29, 1.82) is 0 Å². The lowest BCUT2D eigenvalue weighted by Gasteiger charge is -2.34. The number of hydrogen-bond donors (Lipinski definition) is 1. The fourth-order valence-corrected chi connectivity index (χ4v) is 2.69. The molecule has 0 aromatic heterocycles. The Hall–Kier alpha value is -1.00. The van der Waals surface area contributed by atoms with Gasteiger partial charge in [0.2, 0.25) is 0 Å². The summed E-state index contributed by atoms with van der Waals surface area (Å²) in [5.41, 5.74) is 1.14. The fraction of sp³-hybridized carbons (Fsp3) is 0.647. The van der Waals surface area contributed by atoms with Gasteiger partial charge in [-0.3, -0.25) is 0 Å². The Labute approximate surface area is 125 Å². The summed E-state index contributed by atoms with van der Waals surface area (Å²) in [5, 5.41) is 3.52. The average Bonchev–Trinajstić information content (AvgIpc) is 2.45. The zero-order valence-corrected chi connectivity index (χ0v) is 13.0. The van der Waals surface area contributed by atoms with Gasteiger partial charge in [-0.05, 0) is 39.2 Å². The molecule has 1 aliphatic rings. The van der Waals surface area contributed by atoms with Crippen molar-refractivity contribution in [1.82, 2.24) is 5.32 Å². The van der Waals surface area contributed by atoms with Crippen LogP contribution < -0.4 is 5.32 Å². The number of ether oxygens (including phenoxy) is 1. The van der Waals surface area contributed by atoms with Crippen LogP contribution in [0.1, 0.15) is 57.3 Å². The minimum atomic E-state index is -2.41. The van der Waals surface area contributed by atoms with Gasteiger partial charge in [0.15, 0.2) is 0 Å². The van der Waals surface area contributed by atoms with Gasteiger partial charge in [0, 0.05) is 30.2 Å². The highest BCUT2D eigenvalue weighted by molar-refractivity contribution is 5.25. The highest BCUT2D eigenvalue weighted by Gasteiger charge is 2.28. The van der Waals surface area contributed by atoms with Crippen LogP contribution >= 0.6 is 0 Å². The summed E-state index contributed by atoms with van der Waals surface area (Å²) >= 11 is 0. The SMILES string of the molecule is CC(C)(C)NCC1CCCOC1c1ccc(C(F)F)cc1. The Morgan fingerprint density at radius 3 is 2.48 bits per heavy atom. The van der Waals surface area contributed by atoms with Crippen molar-refractivity contribution < 1.29 is 13.5 Å². The van der Waals surface area contributed by atoms with Crippen LogP contribution in [0.4, 0.5) is 8.78 Å². The molecule has 0 saturated carbocycles. The van der Waals surface area contributed by atoms with Crippen molar-refractivity contribution in [3.63, 3.8) is 0 Å². The van der Waals surface area contributed by atoms with Crippen molar-refractivity contribution in [3.8, 4) is 0 Å². The first kappa shape index (κ1) is 16.4. The van der Waals surface area contributed by atoms with E-state index < -0.39 is 6.43 Å². The summed E-state index contributed by atoms with van der Waals surface area (Å²) in [7, 11) is 0. The number of nitrogens with one attached hydrogen (secondary N) is 1. The monoisotopic (exact) mass is 297 g/mol. The molecule has 0 amide bonds. The molecule has 118 valence electrons. The lowest BCUT2D eigenvalue weighted by Crippen LogP contribution is -2.41. The van der Waals surface area contributed by atoms with Crippen molar-refractivity contribution in [2.75, 3.05) is 13.2 Å². The molecule has 1 aliphatic heterocycles. The first-order valence-electron chi connectivity index (χ1n) is 7.61. The highest BCUT2D eigenvalue weighted by atomic mass is 19.3. The van der Waals surface area contributed by atoms with E-state index in [0.29, 0.717) is 5.92 Å². The Morgan fingerprint density at radius 2 is 1.90 bits per heavy atom. The summed E-state index contributed by atoms with van der Waals surface area (Å²) in [5.74, 6) is 0.385. The lowest BCUT2D eigenvalue weighted by molar-refractivity contribution is -0.0293. The van der Waals surface area contributed by atoms with Gasteiger partial charge in [-0.2, -0.15) is 0 Å². The molecule has 0 bridgehead atoms. The maximum atomic E-state index is 12.6. The Balaban J connectivity index is 2.07. The van der Waals surface area contributed by atoms with Crippen molar-refractivity contribution >= 4 is 0 Å². The quantitative estimate of drug-likeness (QED) is 0.884. The smallest absolute Gasteiger partial charge is 0.263 e. The minimum absolute atomic E-state index is 0.000299. The number of rotatable bonds is 4. The van der Waals surface area contributed by atoms with Crippen LogP contribution in [0.15, 0.2) is 24.3 Å². The lowest BCUT2D eigenvalue weighted by atomic mass is 9.88. The molecule has 1 saturated heterocycles. The molecule has 4 heteroatoms. The molecule has 2 nitrogen and oxygen atoms in total. The van der Waals surface area contributed by atoms with Gasteiger partial charge in [-0.25, -0.2) is 8.78 Å². The van der Waals surface area contributed by atoms with E-state index in [1.54, 1.807) is 12.1 Å². The van der Waals surface area contributed by atoms with Crippen molar-refractivity contribution in [3.05, 3.63) is 35.4 Å². The normalized spacial score (nSPS) is 23.5. The Kier molecular flexibility index (Phi) is 5.33. The van der Waals surface area contributed by atoms with E-state index in [2.05, 4.69) is 26.1 Å². The van der Waals surface area contributed by atoms with Gasteiger partial charge in [0.25, 0.3) is 6.43 Å². The third kappa shape index (κ3) is 4.75. The predicted octanol–water partition coefficient (Wildman–Crippen LogP) is 4.48. The first-order valence-corrected chi connectivity index (χ1v) is 7.61. The number of benzene rings is 1. The van der Waals surface area contributed by atoms with Gasteiger partial charge >= 0.3 is 0 Å². The number of alkyl halides is 2. The van der Waals surface area contributed by atoms with Crippen molar-refractivity contribution in [2.24, 2.45) is 5.92 Å². The second-order valence-electron chi connectivity index (χ2n) is 6.79. The number of halogens is 2. The van der Waals surface area contributed by atoms with E-state index in [4.69, 9.17) is 4.74 Å². The van der Waals surface area contributed by atoms with E-state index in [1.165, 1.54) is 12.1 Å². The largest absolute Gasteiger partial charge is 0.373 e. The van der Waals surface area contributed by atoms with Crippen LogP contribution in [0, 0.1) is 5.92 Å². The molecule has 0 spiro atoms. The summed E-state index contributed by atoms with van der Waals surface area (Å²) in [6.07, 6.45) is -0.253. The molecule has 2 unspecified atom stereocenters. The van der Waals surface area contributed by atoms with Crippen LogP contribution in [-0.4, -0.2) is 18.7 Å². The summed E-state index contributed by atoms with van der Waals surface area (Å²) in [6.45, 7) is 8.05. The molecule has 1 N–H and O–H groups in total. The maximum absolute atomic E-state index is 12.6. The van der Waals surface area contributed by atoms with Crippen LogP contribution in [0.5, 0.6) is 0 Å². The van der Waals surface area contributed by atoms with Gasteiger partial charge < -0.3 is 10.1 Å². The maximum Gasteiger partial charge on any atom is 0.263 e. The first-order chi connectivity index (χ1) is 9.87. The Bertz CT molecular complexity index is 439. The molecule has 21 heavy (non-hydrogen) atoms. The summed E-state index contributed by atoms with van der Waals surface area (Å²) < 4.78 is 31.2. The molecule has 1 aromatic rings. The average molecular weight is 297 g/mol. The zero-order valence-electron chi connectivity index (χ0n) is 13.0. The molecular weight excluding hydrogens is 272 g/mol. The standard InChI is InChI=1S/C17H25F2NO/c1-17(2,3)20-11-14-5-4-10-21-15(14)12-6-8-13(9-7-12)16(18)19/h6-9,14-16,20H,4-5,10-11H2,1-3H3. The summed E-state index contributed by atoms with van der Waals surface area (Å²) in [4.78, 5) is 0. The Morgan fingerprint density at radius 1 is 1.24 bits per heavy atom. The van der Waals surface area contributed by atoms with Crippen LogP contribution in [0.25, 0.3) is 0 Å². The van der Waals surface area contributed by atoms with Crippen LogP contribution in [0.2, 0.25) is 0 Å². The van der Waals surface area contributed by atoms with Crippen molar-refractivity contribution in [2.45, 2.75) is 51.7 Å². The zero-order chi connectivity index (χ0) is 15.5. The molecule has 0 radical (unpaired) electrons. The predicted molar refractivity (Wildman–Crippen MR) is 80.6 cm³/mol. The van der Waals surface area contributed by atoms with Gasteiger partial charge in [0.1, 0.15) is 0 Å². The molecule has 1 fully saturated rings. The van der Waals surface area contributed by atoms with Crippen LogP contribution in [0.3, 0.4) is 0 Å². The molecular formula is C17H25F2NO. The number of hydrogen-bond acceptors (Lipinski definition) is 2. The molecule has 1 aromatic carbocycles.